The maximum Gasteiger partial charge on any atom is 0.435 e. The van der Waals surface area contributed by atoms with Crippen LogP contribution in [0.25, 0.3) is 0 Å². The molecule has 0 spiro atoms. The second-order valence-corrected chi connectivity index (χ2v) is 5.43. The summed E-state index contributed by atoms with van der Waals surface area (Å²) in [6.07, 6.45) is -0.0532. The van der Waals surface area contributed by atoms with E-state index in [0.717, 1.165) is 24.9 Å². The van der Waals surface area contributed by atoms with E-state index in [2.05, 4.69) is 32.6 Å². The maximum absolute atomic E-state index is 12.5. The van der Waals surface area contributed by atoms with Gasteiger partial charge in [0.1, 0.15) is 11.6 Å². The smallest absolute Gasteiger partial charge is 0.361 e. The summed E-state index contributed by atoms with van der Waals surface area (Å²) in [5.74, 6) is 1.04. The van der Waals surface area contributed by atoms with E-state index in [-0.39, 0.29) is 5.82 Å². The number of nitrogens with one attached hydrogen (secondary N) is 1. The van der Waals surface area contributed by atoms with Crippen LogP contribution >= 0.6 is 0 Å². The third-order valence-electron chi connectivity index (χ3n) is 3.67. The molecule has 0 fully saturated rings. The Kier molecular flexibility index (Phi) is 4.97. The summed E-state index contributed by atoms with van der Waals surface area (Å²) in [5, 5.41) is 9.67. The Bertz CT molecular complexity index is 797. The first kappa shape index (κ1) is 16.9. The van der Waals surface area contributed by atoms with Gasteiger partial charge in [-0.25, -0.2) is 4.98 Å². The molecule has 0 saturated heterocycles. The van der Waals surface area contributed by atoms with Gasteiger partial charge in [-0.2, -0.15) is 13.2 Å². The molecule has 0 bridgehead atoms. The molecule has 0 radical (unpaired) electrons. The first-order valence-corrected chi connectivity index (χ1v) is 7.71. The van der Waals surface area contributed by atoms with Crippen molar-refractivity contribution in [3.63, 3.8) is 0 Å². The lowest BCUT2D eigenvalue weighted by atomic mass is 10.1. The molecule has 25 heavy (non-hydrogen) atoms. The van der Waals surface area contributed by atoms with Crippen LogP contribution in [0.5, 0.6) is 0 Å². The zero-order chi connectivity index (χ0) is 17.7. The average Bonchev–Trinajstić information content (AvgIpc) is 3.06. The van der Waals surface area contributed by atoms with Crippen molar-refractivity contribution in [2.24, 2.45) is 0 Å². The minimum absolute atomic E-state index is 0.269. The molecule has 1 aromatic carbocycles. The first-order valence-electron chi connectivity index (χ1n) is 7.71. The van der Waals surface area contributed by atoms with Gasteiger partial charge in [-0.3, -0.25) is 0 Å². The molecule has 0 amide bonds. The summed E-state index contributed by atoms with van der Waals surface area (Å²) in [6.45, 7) is 1.11. The third-order valence-corrected chi connectivity index (χ3v) is 3.67. The molecular weight excluding hydrogens is 331 g/mol. The summed E-state index contributed by atoms with van der Waals surface area (Å²) < 4.78 is 39.4. The number of nitrogens with zero attached hydrogens (tertiary/aromatic N) is 4. The molecule has 2 aromatic heterocycles. The van der Waals surface area contributed by atoms with E-state index >= 15 is 0 Å². The van der Waals surface area contributed by atoms with Crippen LogP contribution in [0.4, 0.5) is 19.0 Å². The van der Waals surface area contributed by atoms with Crippen molar-refractivity contribution < 1.29 is 13.2 Å². The first-order chi connectivity index (χ1) is 12.0. The normalized spacial score (nSPS) is 11.5. The average molecular weight is 347 g/mol. The van der Waals surface area contributed by atoms with E-state index in [1.54, 1.807) is 6.20 Å². The van der Waals surface area contributed by atoms with E-state index < -0.39 is 11.9 Å². The lowest BCUT2D eigenvalue weighted by molar-refractivity contribution is -0.141. The molecule has 3 rings (SSSR count). The van der Waals surface area contributed by atoms with Crippen LogP contribution < -0.4 is 5.32 Å². The van der Waals surface area contributed by atoms with Crippen LogP contribution in [0, 0.1) is 0 Å². The zero-order valence-corrected chi connectivity index (χ0v) is 13.2. The Morgan fingerprint density at radius 3 is 2.48 bits per heavy atom. The Balaban J connectivity index is 1.58. The highest BCUT2D eigenvalue weighted by atomic mass is 19.4. The molecule has 5 nitrogen and oxygen atoms in total. The van der Waals surface area contributed by atoms with Crippen LogP contribution in [-0.4, -0.2) is 19.7 Å². The van der Waals surface area contributed by atoms with Crippen LogP contribution in [0.3, 0.4) is 0 Å². The number of imidazole rings is 1. The number of hydrogen-bond acceptors (Lipinski definition) is 4. The second-order valence-electron chi connectivity index (χ2n) is 5.43. The van der Waals surface area contributed by atoms with Gasteiger partial charge in [-0.15, -0.1) is 10.2 Å². The molecular formula is C17H16F3N5. The highest BCUT2D eigenvalue weighted by molar-refractivity contribution is 5.33. The zero-order valence-electron chi connectivity index (χ0n) is 13.2. The van der Waals surface area contributed by atoms with Gasteiger partial charge < -0.3 is 9.88 Å². The number of hydrogen-bond donors (Lipinski definition) is 1. The van der Waals surface area contributed by atoms with Crippen molar-refractivity contribution >= 4 is 5.82 Å². The molecule has 2 heterocycles. The van der Waals surface area contributed by atoms with E-state index in [1.165, 1.54) is 11.6 Å². The second kappa shape index (κ2) is 7.33. The molecule has 0 aliphatic heterocycles. The quantitative estimate of drug-likeness (QED) is 0.741. The highest BCUT2D eigenvalue weighted by Crippen LogP contribution is 2.27. The molecule has 1 N–H and O–H groups in total. The van der Waals surface area contributed by atoms with Gasteiger partial charge >= 0.3 is 6.18 Å². The minimum Gasteiger partial charge on any atom is -0.361 e. The monoisotopic (exact) mass is 347 g/mol. The number of alkyl halides is 3. The van der Waals surface area contributed by atoms with Gasteiger partial charge in [0, 0.05) is 18.9 Å². The summed E-state index contributed by atoms with van der Waals surface area (Å²) in [7, 11) is 0. The van der Waals surface area contributed by atoms with Crippen LogP contribution in [0.15, 0.2) is 54.9 Å². The van der Waals surface area contributed by atoms with Gasteiger partial charge in [-0.1, -0.05) is 30.3 Å². The van der Waals surface area contributed by atoms with Gasteiger partial charge in [-0.05, 0) is 24.1 Å². The molecule has 0 aliphatic rings. The fraction of sp³-hybridized carbons (Fsp3) is 0.235. The fourth-order valence-corrected chi connectivity index (χ4v) is 2.35. The highest BCUT2D eigenvalue weighted by Gasteiger charge is 2.32. The van der Waals surface area contributed by atoms with Gasteiger partial charge in [0.25, 0.3) is 0 Å². The summed E-state index contributed by atoms with van der Waals surface area (Å²) in [5.41, 5.74) is 0.214. The van der Waals surface area contributed by atoms with Gasteiger partial charge in [0.05, 0.1) is 6.54 Å². The Morgan fingerprint density at radius 2 is 1.80 bits per heavy atom. The van der Waals surface area contributed by atoms with Crippen molar-refractivity contribution in [2.75, 3.05) is 5.32 Å². The number of benzene rings is 1. The fourth-order valence-electron chi connectivity index (χ4n) is 2.35. The van der Waals surface area contributed by atoms with Crippen molar-refractivity contribution in [1.29, 1.82) is 0 Å². The maximum atomic E-state index is 12.5. The lowest BCUT2D eigenvalue weighted by Crippen LogP contribution is -2.13. The van der Waals surface area contributed by atoms with Crippen LogP contribution in [0.1, 0.15) is 17.1 Å². The summed E-state index contributed by atoms with van der Waals surface area (Å²) in [6, 6.07) is 12.2. The number of anilines is 1. The number of halogens is 3. The molecule has 0 unspecified atom stereocenters. The van der Waals surface area contributed by atoms with Crippen molar-refractivity contribution in [3.05, 3.63) is 71.9 Å². The SMILES string of the molecule is FC(F)(F)c1ccc(NCc2nccn2CCc2ccccc2)nn1. The van der Waals surface area contributed by atoms with Crippen LogP contribution in [0.2, 0.25) is 0 Å². The van der Waals surface area contributed by atoms with E-state index in [1.807, 2.05) is 29.0 Å². The Morgan fingerprint density at radius 1 is 1.00 bits per heavy atom. The molecule has 130 valence electrons. The van der Waals surface area contributed by atoms with E-state index in [0.29, 0.717) is 6.54 Å². The van der Waals surface area contributed by atoms with Crippen molar-refractivity contribution in [1.82, 2.24) is 19.7 Å². The number of rotatable bonds is 6. The Labute approximate surface area is 142 Å². The summed E-state index contributed by atoms with van der Waals surface area (Å²) in [4.78, 5) is 4.27. The molecule has 0 atom stereocenters. The standard InChI is InChI=1S/C17H16F3N5/c18-17(19,20)14-6-7-15(24-23-14)22-12-16-21-9-11-25(16)10-8-13-4-2-1-3-5-13/h1-7,9,11H,8,10,12H2,(H,22,24). The van der Waals surface area contributed by atoms with Crippen molar-refractivity contribution in [2.45, 2.75) is 25.7 Å². The molecule has 0 aliphatic carbocycles. The lowest BCUT2D eigenvalue weighted by Gasteiger charge is -2.10. The number of aromatic nitrogens is 4. The topological polar surface area (TPSA) is 55.6 Å². The number of aryl methyl sites for hydroxylation is 2. The minimum atomic E-state index is -4.49. The van der Waals surface area contributed by atoms with Crippen LogP contribution in [-0.2, 0) is 25.7 Å². The predicted octanol–water partition coefficient (Wildman–Crippen LogP) is 3.55. The molecule has 0 saturated carbocycles. The van der Waals surface area contributed by atoms with E-state index in [9.17, 15) is 13.2 Å². The molecule has 3 aromatic rings. The molecule has 8 heteroatoms. The van der Waals surface area contributed by atoms with Gasteiger partial charge in [0.2, 0.25) is 0 Å². The van der Waals surface area contributed by atoms with Crippen molar-refractivity contribution in [3.8, 4) is 0 Å². The Hall–Kier alpha value is -2.90. The summed E-state index contributed by atoms with van der Waals surface area (Å²) >= 11 is 0. The third kappa shape index (κ3) is 4.56. The largest absolute Gasteiger partial charge is 0.435 e. The predicted molar refractivity (Wildman–Crippen MR) is 86.7 cm³/mol. The van der Waals surface area contributed by atoms with E-state index in [4.69, 9.17) is 0 Å². The van der Waals surface area contributed by atoms with Gasteiger partial charge in [0.15, 0.2) is 5.69 Å².